The third-order valence-electron chi connectivity index (χ3n) is 1.62. The Labute approximate surface area is 76.6 Å². The van der Waals surface area contributed by atoms with E-state index in [0.29, 0.717) is 5.75 Å². The van der Waals surface area contributed by atoms with Gasteiger partial charge in [-0.2, -0.15) is 0 Å². The summed E-state index contributed by atoms with van der Waals surface area (Å²) in [5.74, 6) is 0.773. The number of phenolic OH excluding ortho intramolecular Hbond substituents is 1. The van der Waals surface area contributed by atoms with Crippen LogP contribution in [0.4, 0.5) is 0 Å². The zero-order valence-electron chi connectivity index (χ0n) is 7.42. The number of aromatic hydroxyl groups is 1. The van der Waals surface area contributed by atoms with E-state index in [1.807, 2.05) is 25.3 Å². The van der Waals surface area contributed by atoms with Crippen LogP contribution in [0.2, 0.25) is 0 Å². The average molecular weight is 184 g/mol. The maximum absolute atomic E-state index is 9.57. The Morgan fingerprint density at radius 1 is 1.42 bits per heavy atom. The molecule has 0 bridgehead atoms. The molecule has 0 aliphatic rings. The first-order chi connectivity index (χ1) is 5.69. The van der Waals surface area contributed by atoms with Gasteiger partial charge >= 0.3 is 0 Å². The zero-order chi connectivity index (χ0) is 9.14. The van der Waals surface area contributed by atoms with Crippen LogP contribution in [-0.4, -0.2) is 18.5 Å². The molecule has 3 heteroatoms. The van der Waals surface area contributed by atoms with Gasteiger partial charge in [-0.15, -0.1) is 11.8 Å². The fraction of sp³-hybridized carbons (Fsp3) is 0.333. The van der Waals surface area contributed by atoms with E-state index in [0.717, 1.165) is 10.5 Å². The Balaban J connectivity index is 3.22. The predicted octanol–water partition coefficient (Wildman–Crippen LogP) is 2.43. The lowest BCUT2D eigenvalue weighted by atomic mass is 10.2. The summed E-state index contributed by atoms with van der Waals surface area (Å²) in [5.41, 5.74) is 1.09. The third kappa shape index (κ3) is 1.67. The monoisotopic (exact) mass is 184 g/mol. The second-order valence-corrected chi connectivity index (χ2v) is 3.37. The molecule has 2 nitrogen and oxygen atoms in total. The molecular weight excluding hydrogens is 172 g/mol. The summed E-state index contributed by atoms with van der Waals surface area (Å²) in [5, 5.41) is 9.57. The fourth-order valence-corrected chi connectivity index (χ4v) is 1.62. The molecule has 0 spiro atoms. The van der Waals surface area contributed by atoms with Gasteiger partial charge in [0.1, 0.15) is 0 Å². The molecule has 0 saturated carbocycles. The van der Waals surface area contributed by atoms with Crippen LogP contribution < -0.4 is 4.74 Å². The van der Waals surface area contributed by atoms with Gasteiger partial charge in [-0.25, -0.2) is 0 Å². The number of methoxy groups -OCH3 is 1. The van der Waals surface area contributed by atoms with Crippen molar-refractivity contribution in [1.82, 2.24) is 0 Å². The molecule has 0 radical (unpaired) electrons. The molecule has 0 aliphatic heterocycles. The second kappa shape index (κ2) is 3.72. The molecule has 66 valence electrons. The molecule has 1 N–H and O–H groups in total. The minimum atomic E-state index is 0.232. The standard InChI is InChI=1S/C9H12O2S/c1-6-4-7(11-2)9(10)8(5-6)12-3/h4-5,10H,1-3H3. The quantitative estimate of drug-likeness (QED) is 0.716. The van der Waals surface area contributed by atoms with Crippen LogP contribution in [0.3, 0.4) is 0 Å². The van der Waals surface area contributed by atoms with Crippen molar-refractivity contribution in [3.63, 3.8) is 0 Å². The first-order valence-corrected chi connectivity index (χ1v) is 4.83. The SMILES string of the molecule is COc1cc(C)cc(SC)c1O. The highest BCUT2D eigenvalue weighted by Crippen LogP contribution is 2.36. The second-order valence-electron chi connectivity index (χ2n) is 2.52. The van der Waals surface area contributed by atoms with Gasteiger partial charge in [0, 0.05) is 0 Å². The van der Waals surface area contributed by atoms with Crippen LogP contribution >= 0.6 is 11.8 Å². The largest absolute Gasteiger partial charge is 0.503 e. The molecule has 0 fully saturated rings. The van der Waals surface area contributed by atoms with Gasteiger partial charge in [0.15, 0.2) is 11.5 Å². The topological polar surface area (TPSA) is 29.5 Å². The minimum absolute atomic E-state index is 0.232. The van der Waals surface area contributed by atoms with Crippen molar-refractivity contribution in [1.29, 1.82) is 0 Å². The Kier molecular flexibility index (Phi) is 2.87. The van der Waals surface area contributed by atoms with Crippen LogP contribution in [0.1, 0.15) is 5.56 Å². The number of rotatable bonds is 2. The summed E-state index contributed by atoms with van der Waals surface area (Å²) < 4.78 is 5.00. The number of hydrogen-bond donors (Lipinski definition) is 1. The van der Waals surface area contributed by atoms with Crippen LogP contribution in [0.5, 0.6) is 11.5 Å². The van der Waals surface area contributed by atoms with Gasteiger partial charge in [-0.3, -0.25) is 0 Å². The van der Waals surface area contributed by atoms with Gasteiger partial charge in [-0.05, 0) is 30.9 Å². The van der Waals surface area contributed by atoms with Crippen molar-refractivity contribution < 1.29 is 9.84 Å². The first kappa shape index (κ1) is 9.26. The van der Waals surface area contributed by atoms with Gasteiger partial charge in [-0.1, -0.05) is 0 Å². The maximum atomic E-state index is 9.57. The number of phenols is 1. The summed E-state index contributed by atoms with van der Waals surface area (Å²) in [6.45, 7) is 1.97. The molecule has 0 aliphatic carbocycles. The molecule has 0 heterocycles. The lowest BCUT2D eigenvalue weighted by Crippen LogP contribution is -1.86. The summed E-state index contributed by atoms with van der Waals surface area (Å²) in [7, 11) is 1.55. The Hall–Kier alpha value is -0.830. The van der Waals surface area contributed by atoms with E-state index in [1.54, 1.807) is 7.11 Å². The molecule has 12 heavy (non-hydrogen) atoms. The van der Waals surface area contributed by atoms with E-state index >= 15 is 0 Å². The Morgan fingerprint density at radius 3 is 2.58 bits per heavy atom. The van der Waals surface area contributed by atoms with Crippen LogP contribution in [0.25, 0.3) is 0 Å². The molecule has 0 aromatic heterocycles. The number of aryl methyl sites for hydroxylation is 1. The van der Waals surface area contributed by atoms with Crippen molar-refractivity contribution in [3.8, 4) is 11.5 Å². The van der Waals surface area contributed by atoms with Gasteiger partial charge in [0.25, 0.3) is 0 Å². The predicted molar refractivity (Wildman–Crippen MR) is 51.2 cm³/mol. The van der Waals surface area contributed by atoms with Crippen molar-refractivity contribution in [2.45, 2.75) is 11.8 Å². The smallest absolute Gasteiger partial charge is 0.171 e. The molecule has 0 atom stereocenters. The highest BCUT2D eigenvalue weighted by Gasteiger charge is 2.07. The normalized spacial score (nSPS) is 9.92. The molecule has 1 rings (SSSR count). The molecule has 0 amide bonds. The Bertz CT molecular complexity index is 259. The van der Waals surface area contributed by atoms with E-state index in [2.05, 4.69) is 0 Å². The number of ether oxygens (including phenoxy) is 1. The first-order valence-electron chi connectivity index (χ1n) is 3.60. The van der Waals surface area contributed by atoms with Gasteiger partial charge < -0.3 is 9.84 Å². The fourth-order valence-electron chi connectivity index (χ4n) is 1.02. The van der Waals surface area contributed by atoms with Crippen molar-refractivity contribution >= 4 is 11.8 Å². The van der Waals surface area contributed by atoms with Crippen LogP contribution in [-0.2, 0) is 0 Å². The maximum Gasteiger partial charge on any atom is 0.171 e. The summed E-state index contributed by atoms with van der Waals surface area (Å²) in [6, 6.07) is 3.75. The highest BCUT2D eigenvalue weighted by molar-refractivity contribution is 7.98. The Morgan fingerprint density at radius 2 is 2.08 bits per heavy atom. The van der Waals surface area contributed by atoms with E-state index in [4.69, 9.17) is 4.74 Å². The third-order valence-corrected chi connectivity index (χ3v) is 2.38. The molecule has 1 aromatic carbocycles. The summed E-state index contributed by atoms with van der Waals surface area (Å²) >= 11 is 1.51. The highest BCUT2D eigenvalue weighted by atomic mass is 32.2. The number of thioether (sulfide) groups is 1. The van der Waals surface area contributed by atoms with E-state index in [-0.39, 0.29) is 5.75 Å². The summed E-state index contributed by atoms with van der Waals surface area (Å²) in [4.78, 5) is 0.854. The average Bonchev–Trinajstić information content (AvgIpc) is 2.08. The van der Waals surface area contributed by atoms with Crippen molar-refractivity contribution in [3.05, 3.63) is 17.7 Å². The van der Waals surface area contributed by atoms with E-state index in [1.165, 1.54) is 11.8 Å². The van der Waals surface area contributed by atoms with Gasteiger partial charge in [0.05, 0.1) is 12.0 Å². The van der Waals surface area contributed by atoms with Crippen molar-refractivity contribution in [2.24, 2.45) is 0 Å². The molecule has 0 saturated heterocycles. The number of benzene rings is 1. The molecular formula is C9H12O2S. The van der Waals surface area contributed by atoms with Crippen molar-refractivity contribution in [2.75, 3.05) is 13.4 Å². The van der Waals surface area contributed by atoms with E-state index < -0.39 is 0 Å². The van der Waals surface area contributed by atoms with Crippen LogP contribution in [0, 0.1) is 6.92 Å². The minimum Gasteiger partial charge on any atom is -0.503 e. The summed E-state index contributed by atoms with van der Waals surface area (Å²) in [6.07, 6.45) is 1.92. The number of hydrogen-bond acceptors (Lipinski definition) is 3. The lowest BCUT2D eigenvalue weighted by molar-refractivity contribution is 0.367. The van der Waals surface area contributed by atoms with E-state index in [9.17, 15) is 5.11 Å². The molecule has 0 unspecified atom stereocenters. The zero-order valence-corrected chi connectivity index (χ0v) is 8.23. The van der Waals surface area contributed by atoms with Gasteiger partial charge in [0.2, 0.25) is 0 Å². The molecule has 1 aromatic rings. The lowest BCUT2D eigenvalue weighted by Gasteiger charge is -2.07. The van der Waals surface area contributed by atoms with Crippen LogP contribution in [0.15, 0.2) is 17.0 Å².